The van der Waals surface area contributed by atoms with Gasteiger partial charge in [-0.05, 0) is 18.8 Å². The Kier molecular flexibility index (Phi) is 7.92. The predicted molar refractivity (Wildman–Crippen MR) is 72.5 cm³/mol. The van der Waals surface area contributed by atoms with Crippen molar-refractivity contribution in [1.29, 1.82) is 0 Å². The second-order valence-electron chi connectivity index (χ2n) is 5.85. The molecule has 0 amide bonds. The Labute approximate surface area is 102 Å². The maximum Gasteiger partial charge on any atom is 0.00388 e. The minimum atomic E-state index is 0.486. The van der Waals surface area contributed by atoms with Crippen LogP contribution in [0.3, 0.4) is 0 Å². The second kappa shape index (κ2) is 9.04. The van der Waals surface area contributed by atoms with Crippen LogP contribution in [0.25, 0.3) is 0 Å². The van der Waals surface area contributed by atoms with E-state index in [2.05, 4.69) is 6.92 Å². The van der Waals surface area contributed by atoms with Gasteiger partial charge in [-0.2, -0.15) is 0 Å². The van der Waals surface area contributed by atoms with Gasteiger partial charge < -0.3 is 5.73 Å². The van der Waals surface area contributed by atoms with Crippen LogP contribution in [0.4, 0.5) is 0 Å². The zero-order valence-corrected chi connectivity index (χ0v) is 11.2. The van der Waals surface area contributed by atoms with Gasteiger partial charge in [0.05, 0.1) is 0 Å². The number of hydrogen-bond donors (Lipinski definition) is 1. The summed E-state index contributed by atoms with van der Waals surface area (Å²) in [6, 6.07) is 0.486. The van der Waals surface area contributed by atoms with Gasteiger partial charge in [0, 0.05) is 6.04 Å². The summed E-state index contributed by atoms with van der Waals surface area (Å²) in [6.45, 7) is 2.43. The molecule has 1 nitrogen and oxygen atoms in total. The molecular weight excluding hydrogens is 194 g/mol. The summed E-state index contributed by atoms with van der Waals surface area (Å²) in [4.78, 5) is 0. The normalized spacial score (nSPS) is 31.9. The van der Waals surface area contributed by atoms with Crippen LogP contribution in [0.15, 0.2) is 0 Å². The topological polar surface area (TPSA) is 26.0 Å². The highest BCUT2D eigenvalue weighted by Gasteiger charge is 2.06. The van der Waals surface area contributed by atoms with Crippen molar-refractivity contribution >= 4 is 0 Å². The summed E-state index contributed by atoms with van der Waals surface area (Å²) >= 11 is 0. The third kappa shape index (κ3) is 7.27. The lowest BCUT2D eigenvalue weighted by Crippen LogP contribution is -2.19. The highest BCUT2D eigenvalue weighted by molar-refractivity contribution is 4.63. The van der Waals surface area contributed by atoms with E-state index in [1.54, 1.807) is 0 Å². The van der Waals surface area contributed by atoms with Gasteiger partial charge in [0.25, 0.3) is 0 Å². The van der Waals surface area contributed by atoms with Crippen molar-refractivity contribution in [3.8, 4) is 0 Å². The lowest BCUT2D eigenvalue weighted by atomic mass is 9.94. The van der Waals surface area contributed by atoms with Gasteiger partial charge in [0.2, 0.25) is 0 Å². The Balaban J connectivity index is 2.18. The van der Waals surface area contributed by atoms with Crippen LogP contribution in [-0.2, 0) is 0 Å². The van der Waals surface area contributed by atoms with Gasteiger partial charge in [0.15, 0.2) is 0 Å². The van der Waals surface area contributed by atoms with E-state index in [0.29, 0.717) is 6.04 Å². The molecule has 0 radical (unpaired) electrons. The van der Waals surface area contributed by atoms with Crippen LogP contribution in [-0.4, -0.2) is 6.04 Å². The summed E-state index contributed by atoms with van der Waals surface area (Å²) in [7, 11) is 0. The molecule has 0 aromatic heterocycles. The van der Waals surface area contributed by atoms with Crippen molar-refractivity contribution < 1.29 is 0 Å². The first-order valence-corrected chi connectivity index (χ1v) is 7.54. The molecule has 0 aromatic rings. The molecule has 1 saturated carbocycles. The summed E-state index contributed by atoms with van der Waals surface area (Å²) in [5, 5.41) is 0. The molecule has 0 bridgehead atoms. The van der Waals surface area contributed by atoms with Crippen molar-refractivity contribution in [1.82, 2.24) is 0 Å². The first kappa shape index (κ1) is 14.0. The fourth-order valence-corrected chi connectivity index (χ4v) is 2.79. The highest BCUT2D eigenvalue weighted by atomic mass is 14.6. The van der Waals surface area contributed by atoms with Gasteiger partial charge in [-0.1, -0.05) is 71.1 Å². The average molecular weight is 225 g/mol. The van der Waals surface area contributed by atoms with Crippen molar-refractivity contribution in [2.24, 2.45) is 11.7 Å². The predicted octanol–water partition coefficient (Wildman–Crippen LogP) is 4.64. The van der Waals surface area contributed by atoms with E-state index in [0.717, 1.165) is 5.92 Å². The maximum atomic E-state index is 6.11. The fraction of sp³-hybridized carbons (Fsp3) is 1.00. The van der Waals surface area contributed by atoms with Gasteiger partial charge >= 0.3 is 0 Å². The lowest BCUT2D eigenvalue weighted by molar-refractivity contribution is 0.414. The fourth-order valence-electron chi connectivity index (χ4n) is 2.79. The highest BCUT2D eigenvalue weighted by Crippen LogP contribution is 2.19. The summed E-state index contributed by atoms with van der Waals surface area (Å²) in [5.74, 6) is 0.955. The molecule has 1 unspecified atom stereocenters. The molecule has 1 aliphatic rings. The number of rotatable bonds is 0. The van der Waals surface area contributed by atoms with E-state index in [9.17, 15) is 0 Å². The Bertz CT molecular complexity index is 140. The molecule has 0 aromatic carbocycles. The Morgan fingerprint density at radius 3 is 1.56 bits per heavy atom. The average Bonchev–Trinajstić information content (AvgIpc) is 2.26. The molecule has 1 heteroatoms. The molecule has 96 valence electrons. The van der Waals surface area contributed by atoms with Crippen LogP contribution in [0.5, 0.6) is 0 Å². The maximum absolute atomic E-state index is 6.11. The van der Waals surface area contributed by atoms with E-state index in [1.165, 1.54) is 77.0 Å². The number of nitrogens with two attached hydrogens (primary N) is 1. The van der Waals surface area contributed by atoms with Gasteiger partial charge in [-0.3, -0.25) is 0 Å². The van der Waals surface area contributed by atoms with E-state index in [4.69, 9.17) is 5.73 Å². The minimum absolute atomic E-state index is 0.486. The molecule has 2 N–H and O–H groups in total. The van der Waals surface area contributed by atoms with Crippen LogP contribution in [0, 0.1) is 5.92 Å². The minimum Gasteiger partial charge on any atom is -0.328 e. The van der Waals surface area contributed by atoms with E-state index < -0.39 is 0 Å². The molecule has 0 saturated heterocycles. The van der Waals surface area contributed by atoms with Crippen LogP contribution in [0.2, 0.25) is 0 Å². The largest absolute Gasteiger partial charge is 0.328 e. The molecular formula is C15H31N. The Morgan fingerprint density at radius 1 is 0.625 bits per heavy atom. The molecule has 2 atom stereocenters. The second-order valence-corrected chi connectivity index (χ2v) is 5.85. The van der Waals surface area contributed by atoms with Crippen LogP contribution >= 0.6 is 0 Å². The first-order chi connectivity index (χ1) is 7.79. The van der Waals surface area contributed by atoms with Crippen LogP contribution in [0.1, 0.15) is 84.0 Å². The van der Waals surface area contributed by atoms with E-state index in [-0.39, 0.29) is 0 Å². The zero-order chi connectivity index (χ0) is 11.6. The first-order valence-electron chi connectivity index (χ1n) is 7.54. The Hall–Kier alpha value is -0.0400. The molecule has 0 aliphatic heterocycles. The van der Waals surface area contributed by atoms with E-state index >= 15 is 0 Å². The molecule has 0 heterocycles. The summed E-state index contributed by atoms with van der Waals surface area (Å²) in [5.41, 5.74) is 6.11. The van der Waals surface area contributed by atoms with Gasteiger partial charge in [-0.25, -0.2) is 0 Å². The van der Waals surface area contributed by atoms with Crippen molar-refractivity contribution in [3.63, 3.8) is 0 Å². The SMILES string of the molecule is CC1CCCCCCC[C@H](N)CCCCC1. The van der Waals surface area contributed by atoms with E-state index in [1.807, 2.05) is 0 Å². The lowest BCUT2D eigenvalue weighted by Gasteiger charge is -2.14. The summed E-state index contributed by atoms with van der Waals surface area (Å²) in [6.07, 6.45) is 16.7. The summed E-state index contributed by atoms with van der Waals surface area (Å²) < 4.78 is 0. The third-order valence-electron chi connectivity index (χ3n) is 4.04. The standard InChI is InChI=1S/C15H31N/c1-14-10-6-3-2-4-8-12-15(16)13-9-5-7-11-14/h14-15H,2-13,16H2,1H3/t14?,15-/m0/s1. The number of hydrogen-bond acceptors (Lipinski definition) is 1. The quantitative estimate of drug-likeness (QED) is 0.638. The van der Waals surface area contributed by atoms with Gasteiger partial charge in [-0.15, -0.1) is 0 Å². The van der Waals surface area contributed by atoms with Crippen LogP contribution < -0.4 is 5.73 Å². The third-order valence-corrected chi connectivity index (χ3v) is 4.04. The molecule has 1 fully saturated rings. The van der Waals surface area contributed by atoms with Crippen molar-refractivity contribution in [2.75, 3.05) is 0 Å². The van der Waals surface area contributed by atoms with Crippen molar-refractivity contribution in [3.05, 3.63) is 0 Å². The molecule has 16 heavy (non-hydrogen) atoms. The zero-order valence-electron chi connectivity index (χ0n) is 11.2. The smallest absolute Gasteiger partial charge is 0.00388 e. The molecule has 1 rings (SSSR count). The Morgan fingerprint density at radius 2 is 1.00 bits per heavy atom. The van der Waals surface area contributed by atoms with Crippen molar-refractivity contribution in [2.45, 2.75) is 90.0 Å². The monoisotopic (exact) mass is 225 g/mol. The van der Waals surface area contributed by atoms with Gasteiger partial charge in [0.1, 0.15) is 0 Å². The molecule has 1 aliphatic carbocycles. The molecule has 0 spiro atoms.